The molecule has 3 N–H and O–H groups in total. The first kappa shape index (κ1) is 31.3. The molecule has 0 radical (unpaired) electrons. The summed E-state index contributed by atoms with van der Waals surface area (Å²) in [5, 5.41) is 14.6. The normalized spacial score (nSPS) is 16.0. The lowest BCUT2D eigenvalue weighted by Crippen LogP contribution is -2.24. The molecule has 1 aliphatic rings. The fourth-order valence-corrected chi connectivity index (χ4v) is 5.41. The topological polar surface area (TPSA) is 114 Å². The number of nitrogens with two attached hydrogens (primary N) is 1. The molecule has 2 aromatic carbocycles. The van der Waals surface area contributed by atoms with Gasteiger partial charge < -0.3 is 24.8 Å². The lowest BCUT2D eigenvalue weighted by molar-refractivity contribution is 0.283. The Bertz CT molecular complexity index is 1650. The molecule has 4 aromatic rings. The fourth-order valence-electron chi connectivity index (χ4n) is 5.41. The van der Waals surface area contributed by atoms with Crippen molar-refractivity contribution in [2.45, 2.75) is 59.3 Å². The number of allylic oxidation sites excluding steroid dienone is 3. The minimum Gasteiger partial charge on any atom is -0.454 e. The zero-order valence-electron chi connectivity index (χ0n) is 26.0. The van der Waals surface area contributed by atoms with E-state index in [0.29, 0.717) is 28.7 Å². The van der Waals surface area contributed by atoms with Crippen LogP contribution in [0.1, 0.15) is 76.2 Å². The van der Waals surface area contributed by atoms with Crippen molar-refractivity contribution in [2.24, 2.45) is 10.7 Å². The molecule has 2 aromatic heterocycles. The number of aromatic nitrogens is 2. The predicted octanol–water partition coefficient (Wildman–Crippen LogP) is 7.34. The number of hydrogen-bond acceptors (Lipinski definition) is 7. The van der Waals surface area contributed by atoms with Crippen molar-refractivity contribution in [1.29, 1.82) is 5.26 Å². The molecule has 224 valence electrons. The van der Waals surface area contributed by atoms with Crippen LogP contribution in [0.4, 0.5) is 0 Å². The number of fused-ring (bicyclic) bond motifs is 1. The molecule has 1 aliphatic heterocycles. The third-order valence-electron chi connectivity index (χ3n) is 7.64. The lowest BCUT2D eigenvalue weighted by atomic mass is 9.80. The van der Waals surface area contributed by atoms with E-state index in [0.717, 1.165) is 53.7 Å². The molecule has 5 rings (SSSR count). The molecule has 2 atom stereocenters. The van der Waals surface area contributed by atoms with Gasteiger partial charge >= 0.3 is 0 Å². The maximum Gasteiger partial charge on any atom is 0.205 e. The second-order valence-corrected chi connectivity index (χ2v) is 10.4. The second-order valence-electron chi connectivity index (χ2n) is 10.4. The van der Waals surface area contributed by atoms with Gasteiger partial charge in [-0.05, 0) is 80.2 Å². The average Bonchev–Trinajstić information content (AvgIpc) is 3.72. The number of furan rings is 1. The van der Waals surface area contributed by atoms with Crippen LogP contribution in [-0.2, 0) is 4.74 Å². The summed E-state index contributed by atoms with van der Waals surface area (Å²) in [4.78, 5) is 8.79. The van der Waals surface area contributed by atoms with Crippen molar-refractivity contribution in [2.75, 3.05) is 20.1 Å². The van der Waals surface area contributed by atoms with Crippen LogP contribution in [-0.4, -0.2) is 35.4 Å². The number of hydrogen-bond donors (Lipinski definition) is 2. The van der Waals surface area contributed by atoms with Crippen LogP contribution >= 0.6 is 0 Å². The summed E-state index contributed by atoms with van der Waals surface area (Å²) in [6.07, 6.45) is 7.57. The Kier molecular flexibility index (Phi) is 10.6. The summed E-state index contributed by atoms with van der Waals surface area (Å²) >= 11 is 0. The minimum atomic E-state index is -0.469. The molecule has 8 heteroatoms. The molecule has 3 heterocycles. The highest BCUT2D eigenvalue weighted by Gasteiger charge is 2.35. The Morgan fingerprint density at radius 1 is 1.16 bits per heavy atom. The van der Waals surface area contributed by atoms with Crippen molar-refractivity contribution in [1.82, 2.24) is 14.9 Å². The van der Waals surface area contributed by atoms with E-state index >= 15 is 0 Å². The number of nitrogens with one attached hydrogen (secondary N) is 1. The van der Waals surface area contributed by atoms with Crippen molar-refractivity contribution >= 4 is 16.7 Å². The van der Waals surface area contributed by atoms with E-state index in [4.69, 9.17) is 14.9 Å². The molecule has 0 amide bonds. The average molecular weight is 579 g/mol. The quantitative estimate of drug-likeness (QED) is 0.150. The number of nitriles is 1. The Morgan fingerprint density at radius 3 is 2.58 bits per heavy atom. The van der Waals surface area contributed by atoms with Gasteiger partial charge in [0.2, 0.25) is 5.88 Å². The van der Waals surface area contributed by atoms with Crippen LogP contribution < -0.4 is 11.1 Å². The molecule has 8 nitrogen and oxygen atoms in total. The van der Waals surface area contributed by atoms with Gasteiger partial charge in [-0.3, -0.25) is 4.99 Å². The van der Waals surface area contributed by atoms with Gasteiger partial charge in [0.25, 0.3) is 0 Å². The maximum absolute atomic E-state index is 10.1. The highest BCUT2D eigenvalue weighted by molar-refractivity contribution is 6.14. The molecule has 0 aliphatic carbocycles. The third-order valence-corrected chi connectivity index (χ3v) is 7.64. The number of nitrogens with zero attached hydrogens (tertiary/aromatic N) is 4. The van der Waals surface area contributed by atoms with Crippen molar-refractivity contribution in [3.05, 3.63) is 107 Å². The van der Waals surface area contributed by atoms with Crippen LogP contribution in [0.3, 0.4) is 0 Å². The predicted molar refractivity (Wildman–Crippen MR) is 173 cm³/mol. The number of benzene rings is 2. The van der Waals surface area contributed by atoms with Gasteiger partial charge in [0.15, 0.2) is 5.76 Å². The Balaban J connectivity index is 0.00000207. The zero-order valence-corrected chi connectivity index (χ0v) is 26.0. The van der Waals surface area contributed by atoms with Crippen LogP contribution in [0.25, 0.3) is 16.7 Å². The largest absolute Gasteiger partial charge is 0.454 e. The molecule has 0 saturated carbocycles. The first-order valence-electron chi connectivity index (χ1n) is 15.0. The summed E-state index contributed by atoms with van der Waals surface area (Å²) in [6.45, 7) is 12.3. The van der Waals surface area contributed by atoms with E-state index in [9.17, 15) is 5.26 Å². The maximum atomic E-state index is 10.1. The monoisotopic (exact) mass is 578 g/mol. The van der Waals surface area contributed by atoms with E-state index in [1.807, 2.05) is 67.9 Å². The fraction of sp³-hybridized carbons (Fsp3) is 0.343. The third kappa shape index (κ3) is 6.73. The van der Waals surface area contributed by atoms with E-state index < -0.39 is 5.92 Å². The number of ether oxygens (including phenoxy) is 1. The molecule has 2 unspecified atom stereocenters. The first-order valence-corrected chi connectivity index (χ1v) is 15.0. The zero-order chi connectivity index (χ0) is 30.9. The highest BCUT2D eigenvalue weighted by atomic mass is 16.5. The van der Waals surface area contributed by atoms with Crippen molar-refractivity contribution in [3.63, 3.8) is 0 Å². The van der Waals surface area contributed by atoms with Crippen LogP contribution in [0.15, 0.2) is 99.4 Å². The lowest BCUT2D eigenvalue weighted by Gasteiger charge is -2.28. The molecule has 0 fully saturated rings. The van der Waals surface area contributed by atoms with Gasteiger partial charge in [-0.2, -0.15) is 5.26 Å². The highest BCUT2D eigenvalue weighted by Crippen LogP contribution is 2.41. The summed E-state index contributed by atoms with van der Waals surface area (Å²) in [7, 11) is 1.73. The summed E-state index contributed by atoms with van der Waals surface area (Å²) in [5.74, 6) is 1.25. The Morgan fingerprint density at radius 2 is 1.93 bits per heavy atom. The minimum absolute atomic E-state index is 0.101. The second kappa shape index (κ2) is 14.5. The van der Waals surface area contributed by atoms with Gasteiger partial charge in [0.05, 0.1) is 12.2 Å². The summed E-state index contributed by atoms with van der Waals surface area (Å²) in [6, 6.07) is 18.7. The van der Waals surface area contributed by atoms with Gasteiger partial charge in [0, 0.05) is 36.1 Å². The van der Waals surface area contributed by atoms with E-state index in [1.54, 1.807) is 19.6 Å². The molecule has 0 saturated heterocycles. The van der Waals surface area contributed by atoms with Gasteiger partial charge in [0.1, 0.15) is 28.7 Å². The van der Waals surface area contributed by atoms with E-state index in [-0.39, 0.29) is 5.88 Å². The molecular formula is C35H42N6O2. The Labute approximate surface area is 254 Å². The van der Waals surface area contributed by atoms with E-state index in [1.165, 1.54) is 5.56 Å². The molecule has 43 heavy (non-hydrogen) atoms. The van der Waals surface area contributed by atoms with Gasteiger partial charge in [-0.15, -0.1) is 0 Å². The molecule has 0 bridgehead atoms. The van der Waals surface area contributed by atoms with Crippen LogP contribution in [0.5, 0.6) is 0 Å². The van der Waals surface area contributed by atoms with Crippen LogP contribution in [0.2, 0.25) is 0 Å². The van der Waals surface area contributed by atoms with Crippen molar-refractivity contribution < 1.29 is 9.15 Å². The summed E-state index contributed by atoms with van der Waals surface area (Å²) in [5.41, 5.74) is 11.9. The smallest absolute Gasteiger partial charge is 0.205 e. The first-order chi connectivity index (χ1) is 20.9. The summed E-state index contributed by atoms with van der Waals surface area (Å²) < 4.78 is 14.2. The number of aliphatic imine (C=N–C) groups is 1. The van der Waals surface area contributed by atoms with Gasteiger partial charge in [-0.1, -0.05) is 45.9 Å². The number of rotatable bonds is 10. The Hall–Kier alpha value is -4.61. The van der Waals surface area contributed by atoms with Crippen LogP contribution in [0, 0.1) is 11.3 Å². The molecular weight excluding hydrogens is 536 g/mol. The van der Waals surface area contributed by atoms with Crippen molar-refractivity contribution in [3.8, 4) is 11.8 Å². The SMILES string of the molecule is CC.CCCNCCC(C)c1ccc2oc(C(=NC)C3=C(C)OC(N)=C(C#N)C3c3ccc(-n4ccnc4)cc3)cc2c1. The van der Waals surface area contributed by atoms with Gasteiger partial charge in [-0.25, -0.2) is 4.98 Å². The standard InChI is InChI=1S/C33H36N6O2.C2H6/c1-5-13-37-14-12-21(2)24-8-11-28-25(17-24)18-29(41-28)32(36-4)30-22(3)40-33(35)27(19-34)31(30)23-6-9-26(10-7-23)39-16-15-38-20-39;1-2/h6-11,15-18,20-21,31,37H,5,12-14,35H2,1-4H3;1-2H3. The van der Waals surface area contributed by atoms with E-state index in [2.05, 4.69) is 47.3 Å². The molecule has 0 spiro atoms. The number of imidazole rings is 1.